The van der Waals surface area contributed by atoms with Crippen LogP contribution in [0.1, 0.15) is 41.6 Å². The molecule has 1 fully saturated rings. The molecule has 0 spiro atoms. The number of carbonyl (C=O) groups is 1. The van der Waals surface area contributed by atoms with E-state index in [2.05, 4.69) is 15.0 Å². The van der Waals surface area contributed by atoms with E-state index in [9.17, 15) is 4.79 Å². The van der Waals surface area contributed by atoms with E-state index in [1.807, 2.05) is 53.1 Å². The molecule has 2 heterocycles. The fourth-order valence-corrected chi connectivity index (χ4v) is 4.73. The van der Waals surface area contributed by atoms with E-state index in [4.69, 9.17) is 15.2 Å². The Labute approximate surface area is 204 Å². The third-order valence-electron chi connectivity index (χ3n) is 6.60. The number of benzene rings is 2. The van der Waals surface area contributed by atoms with Crippen LogP contribution < -0.4 is 10.5 Å². The van der Waals surface area contributed by atoms with Gasteiger partial charge in [0.05, 0.1) is 18.5 Å². The standard InChI is InChI=1S/C27H29N5O3/c28-27-30-24-23(25(31-27)34-16-19-9-3-1-4-10-19)29-18-32(24)15-21-13-7-8-14-22(21)17-35-26(33)20-11-5-2-6-12-20/h1-6,9-12,18,21-22H,7-8,13-17H2,(H2,28,30,31). The summed E-state index contributed by atoms with van der Waals surface area (Å²) >= 11 is 0. The van der Waals surface area contributed by atoms with E-state index in [1.165, 1.54) is 0 Å². The lowest BCUT2D eigenvalue weighted by atomic mass is 9.79. The predicted octanol–water partition coefficient (Wildman–Crippen LogP) is 4.65. The van der Waals surface area contributed by atoms with E-state index in [0.29, 0.717) is 41.7 Å². The molecule has 35 heavy (non-hydrogen) atoms. The SMILES string of the molecule is Nc1nc(OCc2ccccc2)c2ncn(CC3CCCCC3COC(=O)c3ccccc3)c2n1. The molecule has 1 aliphatic rings. The van der Waals surface area contributed by atoms with Crippen molar-refractivity contribution in [1.29, 1.82) is 0 Å². The molecule has 8 nitrogen and oxygen atoms in total. The Kier molecular flexibility index (Phi) is 6.88. The van der Waals surface area contributed by atoms with Crippen molar-refractivity contribution in [3.63, 3.8) is 0 Å². The smallest absolute Gasteiger partial charge is 0.338 e. The molecule has 180 valence electrons. The predicted molar refractivity (Wildman–Crippen MR) is 133 cm³/mol. The third-order valence-corrected chi connectivity index (χ3v) is 6.60. The minimum Gasteiger partial charge on any atom is -0.471 e. The lowest BCUT2D eigenvalue weighted by Gasteiger charge is -2.31. The van der Waals surface area contributed by atoms with Gasteiger partial charge in [0, 0.05) is 6.54 Å². The second-order valence-electron chi connectivity index (χ2n) is 9.00. The van der Waals surface area contributed by atoms with Gasteiger partial charge in [0.1, 0.15) is 6.61 Å². The number of hydrogen-bond acceptors (Lipinski definition) is 7. The first-order chi connectivity index (χ1) is 17.2. The van der Waals surface area contributed by atoms with Gasteiger partial charge < -0.3 is 19.8 Å². The van der Waals surface area contributed by atoms with Crippen molar-refractivity contribution in [3.05, 3.63) is 78.1 Å². The van der Waals surface area contributed by atoms with Crippen LogP contribution in [0.3, 0.4) is 0 Å². The molecule has 0 aliphatic heterocycles. The van der Waals surface area contributed by atoms with Gasteiger partial charge in [0.2, 0.25) is 11.8 Å². The molecule has 4 aromatic rings. The minimum atomic E-state index is -0.274. The van der Waals surface area contributed by atoms with Crippen LogP contribution in [-0.2, 0) is 17.9 Å². The highest BCUT2D eigenvalue weighted by Gasteiger charge is 2.28. The van der Waals surface area contributed by atoms with Crippen molar-refractivity contribution in [2.75, 3.05) is 12.3 Å². The number of esters is 1. The Morgan fingerprint density at radius 3 is 2.46 bits per heavy atom. The molecule has 0 radical (unpaired) electrons. The van der Waals surface area contributed by atoms with Crippen molar-refractivity contribution < 1.29 is 14.3 Å². The highest BCUT2D eigenvalue weighted by Crippen LogP contribution is 2.33. The molecule has 2 aromatic carbocycles. The molecule has 0 bridgehead atoms. The van der Waals surface area contributed by atoms with Crippen LogP contribution in [0.4, 0.5) is 5.95 Å². The van der Waals surface area contributed by atoms with E-state index in [1.54, 1.807) is 18.5 Å². The lowest BCUT2D eigenvalue weighted by molar-refractivity contribution is 0.0327. The summed E-state index contributed by atoms with van der Waals surface area (Å²) in [6.07, 6.45) is 6.16. The van der Waals surface area contributed by atoms with E-state index < -0.39 is 0 Å². The van der Waals surface area contributed by atoms with E-state index in [0.717, 1.165) is 37.8 Å². The Balaban J connectivity index is 1.29. The Bertz CT molecular complexity index is 1280. The molecular formula is C27H29N5O3. The number of imidazole rings is 1. The number of hydrogen-bond donors (Lipinski definition) is 1. The van der Waals surface area contributed by atoms with Crippen LogP contribution in [0, 0.1) is 11.8 Å². The van der Waals surface area contributed by atoms with Crippen LogP contribution in [-0.4, -0.2) is 32.1 Å². The molecule has 1 saturated carbocycles. The second-order valence-corrected chi connectivity index (χ2v) is 9.00. The largest absolute Gasteiger partial charge is 0.471 e. The van der Waals surface area contributed by atoms with Crippen LogP contribution in [0.25, 0.3) is 11.2 Å². The molecule has 1 aliphatic carbocycles. The van der Waals surface area contributed by atoms with Crippen LogP contribution >= 0.6 is 0 Å². The zero-order chi connectivity index (χ0) is 24.0. The van der Waals surface area contributed by atoms with Gasteiger partial charge in [0.15, 0.2) is 11.2 Å². The van der Waals surface area contributed by atoms with Gasteiger partial charge in [-0.2, -0.15) is 9.97 Å². The van der Waals surface area contributed by atoms with E-state index >= 15 is 0 Å². The second kappa shape index (κ2) is 10.5. The Hall–Kier alpha value is -3.94. The van der Waals surface area contributed by atoms with Crippen molar-refractivity contribution in [1.82, 2.24) is 19.5 Å². The van der Waals surface area contributed by atoms with Crippen LogP contribution in [0.2, 0.25) is 0 Å². The maximum Gasteiger partial charge on any atom is 0.338 e. The number of aromatic nitrogens is 4. The number of nitrogen functional groups attached to an aromatic ring is 1. The molecule has 2 atom stereocenters. The maximum absolute atomic E-state index is 12.4. The number of nitrogens with zero attached hydrogens (tertiary/aromatic N) is 4. The monoisotopic (exact) mass is 471 g/mol. The van der Waals surface area contributed by atoms with Gasteiger partial charge in [-0.05, 0) is 42.4 Å². The quantitative estimate of drug-likeness (QED) is 0.373. The first-order valence-corrected chi connectivity index (χ1v) is 12.0. The van der Waals surface area contributed by atoms with Gasteiger partial charge in [-0.1, -0.05) is 61.4 Å². The highest BCUT2D eigenvalue weighted by atomic mass is 16.5. The summed E-state index contributed by atoms with van der Waals surface area (Å²) in [4.78, 5) is 25.7. The first kappa shape index (κ1) is 22.8. The Morgan fingerprint density at radius 1 is 0.971 bits per heavy atom. The molecule has 2 unspecified atom stereocenters. The third kappa shape index (κ3) is 5.42. The number of ether oxygens (including phenoxy) is 2. The van der Waals surface area contributed by atoms with Gasteiger partial charge in [-0.15, -0.1) is 0 Å². The van der Waals surface area contributed by atoms with Crippen molar-refractivity contribution in [2.24, 2.45) is 11.8 Å². The summed E-state index contributed by atoms with van der Waals surface area (Å²) in [7, 11) is 0. The van der Waals surface area contributed by atoms with Crippen molar-refractivity contribution in [3.8, 4) is 5.88 Å². The molecule has 2 aromatic heterocycles. The molecule has 5 rings (SSSR count). The normalized spacial score (nSPS) is 17.8. The average molecular weight is 472 g/mol. The first-order valence-electron chi connectivity index (χ1n) is 12.0. The zero-order valence-electron chi connectivity index (χ0n) is 19.5. The van der Waals surface area contributed by atoms with Crippen molar-refractivity contribution >= 4 is 23.1 Å². The average Bonchev–Trinajstić information content (AvgIpc) is 3.30. The molecular weight excluding hydrogens is 442 g/mol. The van der Waals surface area contributed by atoms with Gasteiger partial charge in [-0.25, -0.2) is 9.78 Å². The summed E-state index contributed by atoms with van der Waals surface area (Å²) in [6, 6.07) is 19.0. The number of fused-ring (bicyclic) bond motifs is 1. The Morgan fingerprint density at radius 2 is 1.69 bits per heavy atom. The maximum atomic E-state index is 12.4. The number of anilines is 1. The summed E-state index contributed by atoms with van der Waals surface area (Å²) in [5.41, 5.74) is 8.89. The van der Waals surface area contributed by atoms with E-state index in [-0.39, 0.29) is 17.8 Å². The molecule has 8 heteroatoms. The van der Waals surface area contributed by atoms with Gasteiger partial charge in [-0.3, -0.25) is 0 Å². The molecule has 0 amide bonds. The molecule has 2 N–H and O–H groups in total. The highest BCUT2D eigenvalue weighted by molar-refractivity contribution is 5.89. The van der Waals surface area contributed by atoms with Crippen molar-refractivity contribution in [2.45, 2.75) is 38.8 Å². The number of nitrogens with two attached hydrogens (primary N) is 1. The summed E-state index contributed by atoms with van der Waals surface area (Å²) in [5, 5.41) is 0. The summed E-state index contributed by atoms with van der Waals surface area (Å²) in [5.74, 6) is 0.881. The number of rotatable bonds is 8. The van der Waals surface area contributed by atoms with Crippen LogP contribution in [0.15, 0.2) is 67.0 Å². The summed E-state index contributed by atoms with van der Waals surface area (Å²) in [6.45, 7) is 1.50. The number of carbonyl (C=O) groups excluding carboxylic acids is 1. The molecule has 0 saturated heterocycles. The zero-order valence-corrected chi connectivity index (χ0v) is 19.5. The van der Waals surface area contributed by atoms with Gasteiger partial charge in [0.25, 0.3) is 0 Å². The fourth-order valence-electron chi connectivity index (χ4n) is 4.73. The fraction of sp³-hybridized carbons (Fsp3) is 0.333. The topological polar surface area (TPSA) is 105 Å². The minimum absolute atomic E-state index is 0.152. The lowest BCUT2D eigenvalue weighted by Crippen LogP contribution is -2.28. The summed E-state index contributed by atoms with van der Waals surface area (Å²) < 4.78 is 13.7. The van der Waals surface area contributed by atoms with Gasteiger partial charge >= 0.3 is 5.97 Å². The van der Waals surface area contributed by atoms with Crippen LogP contribution in [0.5, 0.6) is 5.88 Å².